The van der Waals surface area contributed by atoms with E-state index in [4.69, 9.17) is 0 Å². The van der Waals surface area contributed by atoms with Crippen LogP contribution < -0.4 is 16.2 Å². The Morgan fingerprint density at radius 3 is 2.93 bits per heavy atom. The Morgan fingerprint density at radius 2 is 2.21 bits per heavy atom. The first kappa shape index (κ1) is 7.99. The second-order valence-corrected chi connectivity index (χ2v) is 3.92. The molecule has 1 aliphatic heterocycles. The van der Waals surface area contributed by atoms with E-state index in [1.807, 2.05) is 0 Å². The lowest BCUT2D eigenvalue weighted by Crippen LogP contribution is -2.24. The molecule has 2 heterocycles. The van der Waals surface area contributed by atoms with Gasteiger partial charge in [-0.3, -0.25) is 4.79 Å². The molecule has 14 heavy (non-hydrogen) atoms. The average molecular weight is 192 g/mol. The molecular weight excluding hydrogens is 180 g/mol. The summed E-state index contributed by atoms with van der Waals surface area (Å²) in [6, 6.07) is 0.451. The van der Waals surface area contributed by atoms with Crippen LogP contribution in [0.15, 0.2) is 17.2 Å². The van der Waals surface area contributed by atoms with E-state index in [1.54, 1.807) is 12.4 Å². The molecule has 2 aliphatic rings. The zero-order chi connectivity index (χ0) is 9.54. The van der Waals surface area contributed by atoms with Gasteiger partial charge in [-0.1, -0.05) is 0 Å². The standard InChI is InChI=1S/C9H12N4O/c14-9-8(11-1-2-12-9)13-7-5-3-10-4-6(5)7/h1-2,5-7,10H,3-4H2,(H,11,13)(H,12,14). The summed E-state index contributed by atoms with van der Waals surface area (Å²) in [5.74, 6) is 1.83. The molecule has 2 unspecified atom stereocenters. The minimum atomic E-state index is -0.134. The number of nitrogens with zero attached hydrogens (tertiary/aromatic N) is 1. The highest BCUT2D eigenvalue weighted by Crippen LogP contribution is 2.43. The lowest BCUT2D eigenvalue weighted by Gasteiger charge is -2.06. The Morgan fingerprint density at radius 1 is 1.43 bits per heavy atom. The predicted octanol–water partition coefficient (Wildman–Crippen LogP) is -0.600. The van der Waals surface area contributed by atoms with Gasteiger partial charge in [0.25, 0.3) is 5.56 Å². The van der Waals surface area contributed by atoms with Crippen molar-refractivity contribution in [3.63, 3.8) is 0 Å². The third-order valence-electron chi connectivity index (χ3n) is 3.10. The second kappa shape index (κ2) is 2.81. The van der Waals surface area contributed by atoms with Gasteiger partial charge in [0.05, 0.1) is 0 Å². The maximum Gasteiger partial charge on any atom is 0.290 e. The van der Waals surface area contributed by atoms with E-state index in [0.717, 1.165) is 13.1 Å². The van der Waals surface area contributed by atoms with Crippen LogP contribution in [0.5, 0.6) is 0 Å². The Bertz CT molecular complexity index is 392. The third kappa shape index (κ3) is 1.13. The maximum atomic E-state index is 11.3. The highest BCUT2D eigenvalue weighted by Gasteiger charge is 2.53. The molecule has 0 amide bonds. The van der Waals surface area contributed by atoms with Crippen molar-refractivity contribution in [2.24, 2.45) is 11.8 Å². The van der Waals surface area contributed by atoms with E-state index in [0.29, 0.717) is 23.7 Å². The van der Waals surface area contributed by atoms with Crippen LogP contribution in [-0.4, -0.2) is 29.1 Å². The third-order valence-corrected chi connectivity index (χ3v) is 3.10. The SMILES string of the molecule is O=c1[nH]ccnc1NC1C2CNCC21. The second-order valence-electron chi connectivity index (χ2n) is 3.92. The number of nitrogens with one attached hydrogen (secondary N) is 3. The fraction of sp³-hybridized carbons (Fsp3) is 0.556. The van der Waals surface area contributed by atoms with Gasteiger partial charge < -0.3 is 15.6 Å². The van der Waals surface area contributed by atoms with Crippen molar-refractivity contribution in [3.8, 4) is 0 Å². The van der Waals surface area contributed by atoms with Gasteiger partial charge >= 0.3 is 0 Å². The fourth-order valence-electron chi connectivity index (χ4n) is 2.24. The van der Waals surface area contributed by atoms with Crippen LogP contribution in [0.3, 0.4) is 0 Å². The summed E-state index contributed by atoms with van der Waals surface area (Å²) in [5, 5.41) is 6.50. The number of aromatic amines is 1. The molecule has 0 radical (unpaired) electrons. The van der Waals surface area contributed by atoms with Gasteiger partial charge in [0.2, 0.25) is 0 Å². The molecule has 0 bridgehead atoms. The number of anilines is 1. The van der Waals surface area contributed by atoms with Crippen molar-refractivity contribution < 1.29 is 0 Å². The number of hydrogen-bond donors (Lipinski definition) is 3. The Balaban J connectivity index is 1.74. The van der Waals surface area contributed by atoms with E-state index >= 15 is 0 Å². The number of piperidine rings is 1. The van der Waals surface area contributed by atoms with E-state index in [2.05, 4.69) is 20.6 Å². The average Bonchev–Trinajstić information content (AvgIpc) is 2.64. The van der Waals surface area contributed by atoms with Gasteiger partial charge in [0, 0.05) is 31.5 Å². The minimum absolute atomic E-state index is 0.134. The Hall–Kier alpha value is -1.36. The van der Waals surface area contributed by atoms with Crippen LogP contribution >= 0.6 is 0 Å². The fourth-order valence-corrected chi connectivity index (χ4v) is 2.24. The van der Waals surface area contributed by atoms with Crippen LogP contribution in [0.25, 0.3) is 0 Å². The molecular formula is C9H12N4O. The molecule has 1 aromatic rings. The van der Waals surface area contributed by atoms with Crippen LogP contribution in [0.2, 0.25) is 0 Å². The Kier molecular flexibility index (Phi) is 1.61. The van der Waals surface area contributed by atoms with E-state index in [-0.39, 0.29) is 5.56 Å². The molecule has 5 heteroatoms. The van der Waals surface area contributed by atoms with Gasteiger partial charge in [0.15, 0.2) is 5.82 Å². The molecule has 1 aromatic heterocycles. The molecule has 0 aromatic carbocycles. The first-order valence-corrected chi connectivity index (χ1v) is 4.87. The molecule has 2 atom stereocenters. The first-order valence-electron chi connectivity index (χ1n) is 4.87. The summed E-state index contributed by atoms with van der Waals surface area (Å²) >= 11 is 0. The lowest BCUT2D eigenvalue weighted by molar-refractivity contribution is 0.694. The van der Waals surface area contributed by atoms with Crippen LogP contribution in [0.4, 0.5) is 5.82 Å². The summed E-state index contributed by atoms with van der Waals surface area (Å²) < 4.78 is 0. The molecule has 2 fully saturated rings. The lowest BCUT2D eigenvalue weighted by atomic mass is 10.4. The maximum absolute atomic E-state index is 11.3. The summed E-state index contributed by atoms with van der Waals surface area (Å²) in [7, 11) is 0. The van der Waals surface area contributed by atoms with E-state index < -0.39 is 0 Å². The Labute approximate surface area is 80.9 Å². The van der Waals surface area contributed by atoms with E-state index in [1.165, 1.54) is 0 Å². The van der Waals surface area contributed by atoms with Gasteiger partial charge in [-0.15, -0.1) is 0 Å². The summed E-state index contributed by atoms with van der Waals surface area (Å²) in [4.78, 5) is 17.9. The minimum Gasteiger partial charge on any atom is -0.362 e. The van der Waals surface area contributed by atoms with Crippen molar-refractivity contribution in [3.05, 3.63) is 22.7 Å². The predicted molar refractivity (Wildman–Crippen MR) is 52.1 cm³/mol. The van der Waals surface area contributed by atoms with Crippen molar-refractivity contribution in [1.29, 1.82) is 0 Å². The zero-order valence-corrected chi connectivity index (χ0v) is 7.66. The highest BCUT2D eigenvalue weighted by molar-refractivity contribution is 5.36. The zero-order valence-electron chi connectivity index (χ0n) is 7.66. The van der Waals surface area contributed by atoms with Gasteiger partial charge in [-0.05, 0) is 11.8 Å². The van der Waals surface area contributed by atoms with Crippen molar-refractivity contribution in [1.82, 2.24) is 15.3 Å². The largest absolute Gasteiger partial charge is 0.362 e. The molecule has 1 saturated heterocycles. The smallest absolute Gasteiger partial charge is 0.290 e. The molecule has 74 valence electrons. The highest BCUT2D eigenvalue weighted by atomic mass is 16.1. The van der Waals surface area contributed by atoms with Gasteiger partial charge in [0.1, 0.15) is 0 Å². The molecule has 3 rings (SSSR count). The van der Waals surface area contributed by atoms with E-state index in [9.17, 15) is 4.79 Å². The topological polar surface area (TPSA) is 69.8 Å². The van der Waals surface area contributed by atoms with Gasteiger partial charge in [-0.2, -0.15) is 0 Å². The number of fused-ring (bicyclic) bond motifs is 1. The molecule has 1 aliphatic carbocycles. The van der Waals surface area contributed by atoms with Crippen molar-refractivity contribution in [2.75, 3.05) is 18.4 Å². The normalized spacial score (nSPS) is 33.9. The van der Waals surface area contributed by atoms with Crippen LogP contribution in [0.1, 0.15) is 0 Å². The number of aromatic nitrogens is 2. The number of rotatable bonds is 2. The first-order chi connectivity index (χ1) is 6.86. The van der Waals surface area contributed by atoms with Crippen molar-refractivity contribution in [2.45, 2.75) is 6.04 Å². The molecule has 1 saturated carbocycles. The summed E-state index contributed by atoms with van der Waals surface area (Å²) in [6.45, 7) is 2.13. The number of hydrogen-bond acceptors (Lipinski definition) is 4. The number of H-pyrrole nitrogens is 1. The van der Waals surface area contributed by atoms with Crippen LogP contribution in [0, 0.1) is 11.8 Å². The quantitative estimate of drug-likeness (QED) is 0.585. The van der Waals surface area contributed by atoms with Crippen LogP contribution in [-0.2, 0) is 0 Å². The summed E-state index contributed by atoms with van der Waals surface area (Å²) in [5.41, 5.74) is -0.134. The molecule has 0 spiro atoms. The summed E-state index contributed by atoms with van der Waals surface area (Å²) in [6.07, 6.45) is 3.14. The molecule has 5 nitrogen and oxygen atoms in total. The van der Waals surface area contributed by atoms with Gasteiger partial charge in [-0.25, -0.2) is 4.98 Å². The monoisotopic (exact) mass is 192 g/mol. The van der Waals surface area contributed by atoms with Crippen molar-refractivity contribution >= 4 is 5.82 Å². The molecule has 3 N–H and O–H groups in total.